The van der Waals surface area contributed by atoms with E-state index in [0.717, 1.165) is 5.69 Å². The van der Waals surface area contributed by atoms with Gasteiger partial charge in [0.1, 0.15) is 5.82 Å². The van der Waals surface area contributed by atoms with Gasteiger partial charge >= 0.3 is 0 Å². The first-order chi connectivity index (χ1) is 8.65. The molecule has 0 unspecified atom stereocenters. The van der Waals surface area contributed by atoms with E-state index in [1.165, 1.54) is 6.07 Å². The molecule has 4 heteroatoms. The topological polar surface area (TPSA) is 42.0 Å². The van der Waals surface area contributed by atoms with E-state index in [1.54, 1.807) is 36.5 Å². The maximum absolute atomic E-state index is 13.4. The van der Waals surface area contributed by atoms with Crippen LogP contribution in [0.25, 0.3) is 0 Å². The monoisotopic (exact) mass is 244 g/mol. The third kappa shape index (κ3) is 3.13. The van der Waals surface area contributed by atoms with Crippen molar-refractivity contribution < 1.29 is 9.18 Å². The van der Waals surface area contributed by atoms with Gasteiger partial charge in [0.05, 0.1) is 6.42 Å². The highest BCUT2D eigenvalue weighted by Crippen LogP contribution is 2.10. The summed E-state index contributed by atoms with van der Waals surface area (Å²) in [4.78, 5) is 15.8. The van der Waals surface area contributed by atoms with Crippen molar-refractivity contribution >= 4 is 11.6 Å². The van der Waals surface area contributed by atoms with Crippen molar-refractivity contribution in [1.29, 1.82) is 0 Å². The second kappa shape index (κ2) is 5.40. The number of nitrogens with zero attached hydrogens (tertiary/aromatic N) is 1. The lowest BCUT2D eigenvalue weighted by molar-refractivity contribution is -0.115. The first-order valence-electron chi connectivity index (χ1n) is 5.61. The summed E-state index contributed by atoms with van der Waals surface area (Å²) >= 11 is 0. The smallest absolute Gasteiger partial charge is 0.228 e. The van der Waals surface area contributed by atoms with E-state index >= 15 is 0 Å². The average Bonchev–Trinajstić information content (AvgIpc) is 2.32. The second-order valence-corrected chi connectivity index (χ2v) is 4.00. The Morgan fingerprint density at radius 1 is 1.33 bits per heavy atom. The van der Waals surface area contributed by atoms with Crippen molar-refractivity contribution in [2.24, 2.45) is 0 Å². The SMILES string of the molecule is Cc1cc(NC(=O)Cc2ccccc2F)ccn1. The molecule has 0 aliphatic rings. The van der Waals surface area contributed by atoms with Gasteiger partial charge in [-0.3, -0.25) is 9.78 Å². The molecule has 1 aromatic heterocycles. The highest BCUT2D eigenvalue weighted by molar-refractivity contribution is 5.92. The molecule has 92 valence electrons. The van der Waals surface area contributed by atoms with E-state index < -0.39 is 0 Å². The zero-order valence-electron chi connectivity index (χ0n) is 9.98. The van der Waals surface area contributed by atoms with Crippen molar-refractivity contribution in [2.45, 2.75) is 13.3 Å². The van der Waals surface area contributed by atoms with E-state index in [2.05, 4.69) is 10.3 Å². The molecule has 0 saturated carbocycles. The van der Waals surface area contributed by atoms with Crippen LogP contribution < -0.4 is 5.32 Å². The van der Waals surface area contributed by atoms with Gasteiger partial charge in [-0.2, -0.15) is 0 Å². The lowest BCUT2D eigenvalue weighted by Gasteiger charge is -2.06. The lowest BCUT2D eigenvalue weighted by Crippen LogP contribution is -2.15. The molecule has 0 radical (unpaired) electrons. The molecule has 18 heavy (non-hydrogen) atoms. The normalized spacial score (nSPS) is 10.1. The van der Waals surface area contributed by atoms with Crippen LogP contribution in [0.15, 0.2) is 42.6 Å². The largest absolute Gasteiger partial charge is 0.326 e. The number of amides is 1. The maximum Gasteiger partial charge on any atom is 0.228 e. The molecule has 0 aliphatic carbocycles. The molecule has 0 spiro atoms. The molecule has 1 aromatic carbocycles. The molecular formula is C14H13FN2O. The van der Waals surface area contributed by atoms with Crippen LogP contribution in [-0.4, -0.2) is 10.9 Å². The van der Waals surface area contributed by atoms with Gasteiger partial charge in [-0.25, -0.2) is 4.39 Å². The predicted molar refractivity (Wildman–Crippen MR) is 67.7 cm³/mol. The summed E-state index contributed by atoms with van der Waals surface area (Å²) in [5.41, 5.74) is 1.88. The Kier molecular flexibility index (Phi) is 3.67. The molecule has 3 nitrogen and oxygen atoms in total. The number of carbonyl (C=O) groups is 1. The Balaban J connectivity index is 2.03. The van der Waals surface area contributed by atoms with Crippen molar-refractivity contribution in [2.75, 3.05) is 5.32 Å². The van der Waals surface area contributed by atoms with Crippen LogP contribution in [0.3, 0.4) is 0 Å². The Bertz CT molecular complexity index is 569. The number of rotatable bonds is 3. The van der Waals surface area contributed by atoms with Crippen molar-refractivity contribution in [3.05, 3.63) is 59.7 Å². The third-order valence-corrected chi connectivity index (χ3v) is 2.49. The van der Waals surface area contributed by atoms with Gasteiger partial charge in [-0.05, 0) is 30.7 Å². The van der Waals surface area contributed by atoms with Crippen molar-refractivity contribution in [3.63, 3.8) is 0 Å². The summed E-state index contributed by atoms with van der Waals surface area (Å²) in [5, 5.41) is 2.71. The summed E-state index contributed by atoms with van der Waals surface area (Å²) in [5.74, 6) is -0.607. The van der Waals surface area contributed by atoms with Crippen LogP contribution in [-0.2, 0) is 11.2 Å². The number of anilines is 1. The average molecular weight is 244 g/mol. The Morgan fingerprint density at radius 3 is 2.83 bits per heavy atom. The zero-order chi connectivity index (χ0) is 13.0. The Hall–Kier alpha value is -2.23. The number of hydrogen-bond donors (Lipinski definition) is 1. The molecule has 2 aromatic rings. The predicted octanol–water partition coefficient (Wildman–Crippen LogP) is 2.71. The highest BCUT2D eigenvalue weighted by Gasteiger charge is 2.07. The fraction of sp³-hybridized carbons (Fsp3) is 0.143. The number of hydrogen-bond acceptors (Lipinski definition) is 2. The fourth-order valence-electron chi connectivity index (χ4n) is 1.64. The molecule has 0 atom stereocenters. The maximum atomic E-state index is 13.4. The van der Waals surface area contributed by atoms with Gasteiger partial charge in [-0.15, -0.1) is 0 Å². The van der Waals surface area contributed by atoms with Crippen LogP contribution in [0.1, 0.15) is 11.3 Å². The summed E-state index contributed by atoms with van der Waals surface area (Å²) in [6.07, 6.45) is 1.64. The standard InChI is InChI=1S/C14H13FN2O/c1-10-8-12(6-7-16-10)17-14(18)9-11-4-2-3-5-13(11)15/h2-8H,9H2,1H3,(H,16,17,18). The molecule has 1 heterocycles. The van der Waals surface area contributed by atoms with Crippen LogP contribution in [0, 0.1) is 12.7 Å². The number of carbonyl (C=O) groups excluding carboxylic acids is 1. The van der Waals surface area contributed by atoms with E-state index in [1.807, 2.05) is 6.92 Å². The lowest BCUT2D eigenvalue weighted by atomic mass is 10.1. The minimum atomic E-state index is -0.362. The quantitative estimate of drug-likeness (QED) is 0.902. The van der Waals surface area contributed by atoms with Crippen molar-refractivity contribution in [3.8, 4) is 0 Å². The van der Waals surface area contributed by atoms with Gasteiger partial charge in [0.25, 0.3) is 0 Å². The number of aryl methyl sites for hydroxylation is 1. The van der Waals surface area contributed by atoms with Crippen LogP contribution in [0.4, 0.5) is 10.1 Å². The second-order valence-electron chi connectivity index (χ2n) is 4.00. The highest BCUT2D eigenvalue weighted by atomic mass is 19.1. The van der Waals surface area contributed by atoms with Gasteiger partial charge < -0.3 is 5.32 Å². The molecule has 1 amide bonds. The first kappa shape index (κ1) is 12.2. The third-order valence-electron chi connectivity index (χ3n) is 2.49. The van der Waals surface area contributed by atoms with Crippen LogP contribution in [0.2, 0.25) is 0 Å². The van der Waals surface area contributed by atoms with Gasteiger partial charge in [0.15, 0.2) is 0 Å². The molecule has 0 fully saturated rings. The number of pyridine rings is 1. The minimum Gasteiger partial charge on any atom is -0.326 e. The van der Waals surface area contributed by atoms with Gasteiger partial charge in [0.2, 0.25) is 5.91 Å². The molecule has 2 rings (SSSR count). The molecule has 0 saturated heterocycles. The van der Waals surface area contributed by atoms with Gasteiger partial charge in [-0.1, -0.05) is 18.2 Å². The Morgan fingerprint density at radius 2 is 2.11 bits per heavy atom. The van der Waals surface area contributed by atoms with Crippen LogP contribution in [0.5, 0.6) is 0 Å². The first-order valence-corrected chi connectivity index (χ1v) is 5.61. The molecule has 0 aliphatic heterocycles. The molecule has 0 bridgehead atoms. The number of nitrogens with one attached hydrogen (secondary N) is 1. The van der Waals surface area contributed by atoms with E-state index in [4.69, 9.17) is 0 Å². The number of halogens is 1. The fourth-order valence-corrected chi connectivity index (χ4v) is 1.64. The van der Waals surface area contributed by atoms with Gasteiger partial charge in [0, 0.05) is 17.6 Å². The summed E-state index contributed by atoms with van der Waals surface area (Å²) < 4.78 is 13.4. The minimum absolute atomic E-state index is 0.0219. The van der Waals surface area contributed by atoms with Crippen LogP contribution >= 0.6 is 0 Å². The number of aromatic nitrogens is 1. The zero-order valence-corrected chi connectivity index (χ0v) is 9.98. The Labute approximate surface area is 105 Å². The molecular weight excluding hydrogens is 231 g/mol. The molecule has 1 N–H and O–H groups in total. The number of benzene rings is 1. The van der Waals surface area contributed by atoms with E-state index in [9.17, 15) is 9.18 Å². The van der Waals surface area contributed by atoms with E-state index in [0.29, 0.717) is 11.3 Å². The summed E-state index contributed by atoms with van der Waals surface area (Å²) in [6.45, 7) is 1.84. The van der Waals surface area contributed by atoms with E-state index in [-0.39, 0.29) is 18.1 Å². The van der Waals surface area contributed by atoms with Crippen molar-refractivity contribution in [1.82, 2.24) is 4.98 Å². The summed E-state index contributed by atoms with van der Waals surface area (Å²) in [7, 11) is 0. The summed E-state index contributed by atoms with van der Waals surface area (Å²) in [6, 6.07) is 9.72.